The summed E-state index contributed by atoms with van der Waals surface area (Å²) in [5.74, 6) is 2.03. The number of hydrogen-bond donors (Lipinski definition) is 1. The van der Waals surface area contributed by atoms with Gasteiger partial charge < -0.3 is 19.5 Å². The number of amides is 1. The Morgan fingerprint density at radius 3 is 2.39 bits per heavy atom. The number of ether oxygens (including phenoxy) is 3. The average Bonchev–Trinajstić information content (AvgIpc) is 2.85. The molecule has 3 rings (SSSR count). The van der Waals surface area contributed by atoms with Crippen LogP contribution in [-0.4, -0.2) is 43.6 Å². The van der Waals surface area contributed by atoms with E-state index in [0.717, 1.165) is 16.9 Å². The molecular formula is C25H29N3O5. The third-order valence-corrected chi connectivity index (χ3v) is 5.21. The van der Waals surface area contributed by atoms with Gasteiger partial charge in [0.1, 0.15) is 5.75 Å². The highest BCUT2D eigenvalue weighted by atomic mass is 16.5. The quantitative estimate of drug-likeness (QED) is 0.482. The first-order chi connectivity index (χ1) is 16.0. The number of aryl methyl sites for hydroxylation is 1. The van der Waals surface area contributed by atoms with Crippen LogP contribution in [0.1, 0.15) is 18.4 Å². The molecule has 1 aromatic heterocycles. The van der Waals surface area contributed by atoms with E-state index in [4.69, 9.17) is 14.2 Å². The van der Waals surface area contributed by atoms with Crippen LogP contribution >= 0.6 is 0 Å². The molecular weight excluding hydrogens is 422 g/mol. The fourth-order valence-electron chi connectivity index (χ4n) is 3.39. The standard InChI is InChI=1S/C25H29N3O5/c1-31-20-9-7-19(8-10-20)21-11-13-25(30)28(27-21)16-4-5-24(29)26-15-14-18-6-12-22(32-2)23(17-18)33-3/h6-13,17H,4-5,14-16H2,1-3H3,(H,26,29). The summed E-state index contributed by atoms with van der Waals surface area (Å²) in [5.41, 5.74) is 2.43. The second-order valence-corrected chi connectivity index (χ2v) is 7.40. The lowest BCUT2D eigenvalue weighted by Crippen LogP contribution is -2.27. The zero-order valence-corrected chi connectivity index (χ0v) is 19.2. The van der Waals surface area contributed by atoms with Crippen molar-refractivity contribution in [2.75, 3.05) is 27.9 Å². The second-order valence-electron chi connectivity index (χ2n) is 7.40. The minimum Gasteiger partial charge on any atom is -0.497 e. The Bertz CT molecular complexity index is 1130. The van der Waals surface area contributed by atoms with Gasteiger partial charge in [0.05, 0.1) is 27.0 Å². The summed E-state index contributed by atoms with van der Waals surface area (Å²) in [6.07, 6.45) is 1.50. The van der Waals surface area contributed by atoms with Gasteiger partial charge >= 0.3 is 0 Å². The van der Waals surface area contributed by atoms with Crippen molar-refractivity contribution in [3.63, 3.8) is 0 Å². The summed E-state index contributed by atoms with van der Waals surface area (Å²) >= 11 is 0. The molecule has 1 heterocycles. The molecule has 2 aromatic carbocycles. The van der Waals surface area contributed by atoms with E-state index >= 15 is 0 Å². The maximum atomic E-state index is 12.2. The minimum atomic E-state index is -0.193. The van der Waals surface area contributed by atoms with Crippen molar-refractivity contribution in [3.8, 4) is 28.5 Å². The van der Waals surface area contributed by atoms with Gasteiger partial charge in [-0.1, -0.05) is 6.07 Å². The molecule has 0 unspecified atom stereocenters. The fraction of sp³-hybridized carbons (Fsp3) is 0.320. The Labute approximate surface area is 193 Å². The molecule has 0 radical (unpaired) electrons. The molecule has 3 aromatic rings. The van der Waals surface area contributed by atoms with E-state index in [-0.39, 0.29) is 11.5 Å². The third kappa shape index (κ3) is 6.58. The molecule has 0 bridgehead atoms. The Morgan fingerprint density at radius 2 is 1.70 bits per heavy atom. The van der Waals surface area contributed by atoms with Crippen LogP contribution < -0.4 is 25.1 Å². The lowest BCUT2D eigenvalue weighted by molar-refractivity contribution is -0.121. The number of hydrogen-bond acceptors (Lipinski definition) is 6. The van der Waals surface area contributed by atoms with Gasteiger partial charge in [-0.3, -0.25) is 9.59 Å². The number of nitrogens with one attached hydrogen (secondary N) is 1. The van der Waals surface area contributed by atoms with Crippen LogP contribution in [0.15, 0.2) is 59.4 Å². The van der Waals surface area contributed by atoms with E-state index in [1.807, 2.05) is 42.5 Å². The first-order valence-electron chi connectivity index (χ1n) is 10.7. The van der Waals surface area contributed by atoms with Gasteiger partial charge in [0.15, 0.2) is 11.5 Å². The van der Waals surface area contributed by atoms with Gasteiger partial charge in [-0.2, -0.15) is 5.10 Å². The molecule has 8 nitrogen and oxygen atoms in total. The molecule has 174 valence electrons. The highest BCUT2D eigenvalue weighted by Gasteiger charge is 2.08. The van der Waals surface area contributed by atoms with Crippen molar-refractivity contribution in [2.45, 2.75) is 25.8 Å². The molecule has 8 heteroatoms. The minimum absolute atomic E-state index is 0.0603. The summed E-state index contributed by atoms with van der Waals surface area (Å²) in [4.78, 5) is 24.4. The second kappa shape index (κ2) is 11.7. The van der Waals surface area contributed by atoms with Crippen molar-refractivity contribution < 1.29 is 19.0 Å². The highest BCUT2D eigenvalue weighted by Crippen LogP contribution is 2.27. The van der Waals surface area contributed by atoms with Crippen LogP contribution in [0, 0.1) is 0 Å². The molecule has 0 aliphatic carbocycles. The first kappa shape index (κ1) is 23.8. The first-order valence-corrected chi connectivity index (χ1v) is 10.7. The zero-order chi connectivity index (χ0) is 23.6. The Hall–Kier alpha value is -3.81. The maximum Gasteiger partial charge on any atom is 0.266 e. The summed E-state index contributed by atoms with van der Waals surface area (Å²) in [7, 11) is 4.80. The van der Waals surface area contributed by atoms with Gasteiger partial charge in [0, 0.05) is 31.1 Å². The predicted octanol–water partition coefficient (Wildman–Crippen LogP) is 3.08. The molecule has 33 heavy (non-hydrogen) atoms. The van der Waals surface area contributed by atoms with Crippen LogP contribution in [-0.2, 0) is 17.8 Å². The molecule has 0 spiro atoms. The number of methoxy groups -OCH3 is 3. The normalized spacial score (nSPS) is 10.5. The van der Waals surface area contributed by atoms with E-state index in [0.29, 0.717) is 49.5 Å². The summed E-state index contributed by atoms with van der Waals surface area (Å²) in [6.45, 7) is 0.880. The summed E-state index contributed by atoms with van der Waals surface area (Å²) < 4.78 is 17.1. The molecule has 1 N–H and O–H groups in total. The van der Waals surface area contributed by atoms with Crippen molar-refractivity contribution >= 4 is 5.91 Å². The number of rotatable bonds is 11. The van der Waals surface area contributed by atoms with Gasteiger partial charge in [-0.25, -0.2) is 4.68 Å². The average molecular weight is 452 g/mol. The molecule has 0 saturated carbocycles. The molecule has 0 saturated heterocycles. The predicted molar refractivity (Wildman–Crippen MR) is 126 cm³/mol. The number of aromatic nitrogens is 2. The zero-order valence-electron chi connectivity index (χ0n) is 19.2. The summed E-state index contributed by atoms with van der Waals surface area (Å²) in [5, 5.41) is 7.35. The van der Waals surface area contributed by atoms with E-state index < -0.39 is 0 Å². The van der Waals surface area contributed by atoms with Crippen molar-refractivity contribution in [2.24, 2.45) is 0 Å². The maximum absolute atomic E-state index is 12.2. The fourth-order valence-corrected chi connectivity index (χ4v) is 3.39. The van der Waals surface area contributed by atoms with E-state index in [2.05, 4.69) is 10.4 Å². The van der Waals surface area contributed by atoms with Gasteiger partial charge in [0.2, 0.25) is 5.91 Å². The Morgan fingerprint density at radius 1 is 0.939 bits per heavy atom. The number of nitrogens with zero attached hydrogens (tertiary/aromatic N) is 2. The van der Waals surface area contributed by atoms with Crippen LogP contribution in [0.3, 0.4) is 0 Å². The third-order valence-electron chi connectivity index (χ3n) is 5.21. The Kier molecular flexibility index (Phi) is 8.46. The van der Waals surface area contributed by atoms with E-state index in [1.54, 1.807) is 27.4 Å². The van der Waals surface area contributed by atoms with Crippen LogP contribution in [0.25, 0.3) is 11.3 Å². The molecule has 0 atom stereocenters. The molecule has 1 amide bonds. The number of carbonyl (C=O) groups excluding carboxylic acids is 1. The largest absolute Gasteiger partial charge is 0.497 e. The van der Waals surface area contributed by atoms with Gasteiger partial charge in [-0.05, 0) is 60.9 Å². The smallest absolute Gasteiger partial charge is 0.266 e. The summed E-state index contributed by atoms with van der Waals surface area (Å²) in [6, 6.07) is 16.4. The lowest BCUT2D eigenvalue weighted by atomic mass is 10.1. The van der Waals surface area contributed by atoms with Crippen molar-refractivity contribution in [3.05, 3.63) is 70.5 Å². The highest BCUT2D eigenvalue weighted by molar-refractivity contribution is 5.75. The molecule has 0 aliphatic rings. The monoisotopic (exact) mass is 451 g/mol. The number of benzene rings is 2. The van der Waals surface area contributed by atoms with Gasteiger partial charge in [0.25, 0.3) is 5.56 Å². The van der Waals surface area contributed by atoms with E-state index in [9.17, 15) is 9.59 Å². The SMILES string of the molecule is COc1ccc(-c2ccc(=O)n(CCCC(=O)NCCc3ccc(OC)c(OC)c3)n2)cc1. The Balaban J connectivity index is 1.48. The topological polar surface area (TPSA) is 91.7 Å². The molecule has 0 fully saturated rings. The number of carbonyl (C=O) groups is 1. The van der Waals surface area contributed by atoms with Crippen LogP contribution in [0.4, 0.5) is 0 Å². The van der Waals surface area contributed by atoms with Crippen LogP contribution in [0.2, 0.25) is 0 Å². The lowest BCUT2D eigenvalue weighted by Gasteiger charge is -2.10. The van der Waals surface area contributed by atoms with Crippen molar-refractivity contribution in [1.82, 2.24) is 15.1 Å². The van der Waals surface area contributed by atoms with Crippen molar-refractivity contribution in [1.29, 1.82) is 0 Å². The van der Waals surface area contributed by atoms with Gasteiger partial charge in [-0.15, -0.1) is 0 Å². The van der Waals surface area contributed by atoms with Crippen LogP contribution in [0.5, 0.6) is 17.2 Å². The van der Waals surface area contributed by atoms with E-state index in [1.165, 1.54) is 10.7 Å². The molecule has 0 aliphatic heterocycles.